The van der Waals surface area contributed by atoms with E-state index in [-0.39, 0.29) is 29.6 Å². The Bertz CT molecular complexity index is 186. The van der Waals surface area contributed by atoms with Gasteiger partial charge >= 0.3 is 29.6 Å². The van der Waals surface area contributed by atoms with Crippen LogP contribution < -0.4 is 34.7 Å². The van der Waals surface area contributed by atoms with Crippen LogP contribution in [0.5, 0.6) is 0 Å². The van der Waals surface area contributed by atoms with Crippen molar-refractivity contribution in [3.05, 3.63) is 0 Å². The van der Waals surface area contributed by atoms with Crippen molar-refractivity contribution in [1.29, 1.82) is 0 Å². The van der Waals surface area contributed by atoms with Crippen LogP contribution in [0.2, 0.25) is 0 Å². The quantitative estimate of drug-likeness (QED) is 0.359. The molecular weight excluding hydrogens is 239 g/mol. The van der Waals surface area contributed by atoms with Crippen molar-refractivity contribution < 1.29 is 44.2 Å². The molecule has 0 aliphatic carbocycles. The van der Waals surface area contributed by atoms with Crippen molar-refractivity contribution in [2.75, 3.05) is 6.61 Å². The van der Waals surface area contributed by atoms with Gasteiger partial charge in [0.05, 0.1) is 12.1 Å². The molecule has 0 aromatic carbocycles. The second-order valence-corrected chi connectivity index (χ2v) is 4.59. The molecule has 0 aromatic heterocycles. The molecule has 0 saturated carbocycles. The predicted molar refractivity (Wildman–Crippen MR) is 67.6 cm³/mol. The van der Waals surface area contributed by atoms with Crippen molar-refractivity contribution >= 4 is 5.97 Å². The molecule has 102 valence electrons. The summed E-state index contributed by atoms with van der Waals surface area (Å²) in [6.07, 6.45) is 8.88. The molecule has 4 heteroatoms. The molecule has 0 fully saturated rings. The van der Waals surface area contributed by atoms with Gasteiger partial charge in [0.15, 0.2) is 0 Å². The Morgan fingerprint density at radius 2 is 1.56 bits per heavy atom. The fourth-order valence-corrected chi connectivity index (χ4v) is 1.77. The summed E-state index contributed by atoms with van der Waals surface area (Å²) >= 11 is 0. The molecule has 0 saturated heterocycles. The number of rotatable bonds is 12. The van der Waals surface area contributed by atoms with Crippen LogP contribution in [0.1, 0.15) is 71.6 Å². The molecule has 0 heterocycles. The maximum absolute atomic E-state index is 10.8. The van der Waals surface area contributed by atoms with Crippen LogP contribution in [0.3, 0.4) is 0 Å². The van der Waals surface area contributed by atoms with E-state index in [0.717, 1.165) is 25.7 Å². The van der Waals surface area contributed by atoms with Gasteiger partial charge in [0.1, 0.15) is 0 Å². The van der Waals surface area contributed by atoms with Crippen molar-refractivity contribution in [2.24, 2.45) is 0 Å². The largest absolute Gasteiger partial charge is 1.00 e. The molecular formula is C14H27NaO3. The maximum Gasteiger partial charge on any atom is 1.00 e. The van der Waals surface area contributed by atoms with Gasteiger partial charge < -0.3 is 14.6 Å². The van der Waals surface area contributed by atoms with Crippen LogP contribution >= 0.6 is 0 Å². The van der Waals surface area contributed by atoms with Crippen molar-refractivity contribution in [2.45, 2.75) is 77.7 Å². The minimum Gasteiger partial charge on any atom is -0.547 e. The normalized spacial score (nSPS) is 11.9. The third-order valence-electron chi connectivity index (χ3n) is 2.90. The molecule has 0 aliphatic heterocycles. The number of ether oxygens (including phenoxy) is 1. The minimum atomic E-state index is -1.07. The zero-order chi connectivity index (χ0) is 12.9. The van der Waals surface area contributed by atoms with Crippen LogP contribution in [-0.4, -0.2) is 18.7 Å². The smallest absolute Gasteiger partial charge is 0.547 e. The number of hydrogen-bond acceptors (Lipinski definition) is 3. The topological polar surface area (TPSA) is 49.4 Å². The van der Waals surface area contributed by atoms with Gasteiger partial charge in [0, 0.05) is 6.61 Å². The standard InChI is InChI=1S/C14H28O3.Na/c1-3-5-7-8-9-10-12-17-13(14(15)16)11-6-4-2;/h13H,3-12H2,1-2H3,(H,15,16);/q;+1/p-1. The number of unbranched alkanes of at least 4 members (excludes halogenated alkanes) is 6. The van der Waals surface area contributed by atoms with E-state index in [9.17, 15) is 9.90 Å². The third-order valence-corrected chi connectivity index (χ3v) is 2.90. The predicted octanol–water partition coefficient (Wildman–Crippen LogP) is -0.324. The molecule has 0 amide bonds. The van der Waals surface area contributed by atoms with E-state index in [1.165, 1.54) is 25.7 Å². The van der Waals surface area contributed by atoms with Crippen LogP contribution in [0, 0.1) is 0 Å². The minimum absolute atomic E-state index is 0. The Labute approximate surface area is 134 Å². The summed E-state index contributed by atoms with van der Waals surface area (Å²) in [4.78, 5) is 10.8. The molecule has 3 nitrogen and oxygen atoms in total. The third kappa shape index (κ3) is 12.9. The van der Waals surface area contributed by atoms with Gasteiger partial charge in [-0.25, -0.2) is 0 Å². The summed E-state index contributed by atoms with van der Waals surface area (Å²) in [5, 5.41) is 10.8. The molecule has 0 aliphatic rings. The van der Waals surface area contributed by atoms with Gasteiger partial charge in [-0.05, 0) is 12.8 Å². The Kier molecular flexibility index (Phi) is 17.8. The van der Waals surface area contributed by atoms with Crippen molar-refractivity contribution in [1.82, 2.24) is 0 Å². The summed E-state index contributed by atoms with van der Waals surface area (Å²) in [5.41, 5.74) is 0. The zero-order valence-corrected chi connectivity index (χ0v) is 14.4. The first-order valence-corrected chi connectivity index (χ1v) is 7.04. The van der Waals surface area contributed by atoms with E-state index in [4.69, 9.17) is 4.74 Å². The fraction of sp³-hybridized carbons (Fsp3) is 0.929. The number of carboxylic acids is 1. The van der Waals surface area contributed by atoms with Gasteiger partial charge in [0.25, 0.3) is 0 Å². The van der Waals surface area contributed by atoms with Crippen LogP contribution in [-0.2, 0) is 9.53 Å². The van der Waals surface area contributed by atoms with Gasteiger partial charge in [-0.2, -0.15) is 0 Å². The van der Waals surface area contributed by atoms with E-state index >= 15 is 0 Å². The Morgan fingerprint density at radius 3 is 2.11 bits per heavy atom. The Hall–Kier alpha value is 0.430. The molecule has 1 unspecified atom stereocenters. The monoisotopic (exact) mass is 266 g/mol. The average molecular weight is 266 g/mol. The number of carbonyl (C=O) groups excluding carboxylic acids is 1. The van der Waals surface area contributed by atoms with E-state index in [2.05, 4.69) is 6.92 Å². The van der Waals surface area contributed by atoms with Crippen molar-refractivity contribution in [3.8, 4) is 0 Å². The van der Waals surface area contributed by atoms with E-state index in [0.29, 0.717) is 13.0 Å². The summed E-state index contributed by atoms with van der Waals surface area (Å²) in [6.45, 7) is 4.79. The van der Waals surface area contributed by atoms with Gasteiger partial charge in [-0.15, -0.1) is 0 Å². The second kappa shape index (κ2) is 15.5. The molecule has 0 rings (SSSR count). The first-order valence-electron chi connectivity index (χ1n) is 7.04. The number of carboxylic acid groups (broad SMARTS) is 1. The molecule has 0 spiro atoms. The summed E-state index contributed by atoms with van der Waals surface area (Å²) in [6, 6.07) is 0. The SMILES string of the molecule is CCCCCCCCOC(CCCC)C(=O)[O-].[Na+]. The number of carbonyl (C=O) groups is 1. The number of aliphatic carboxylic acids is 1. The van der Waals surface area contributed by atoms with Gasteiger partial charge in [-0.3, -0.25) is 0 Å². The van der Waals surface area contributed by atoms with E-state index in [1.54, 1.807) is 0 Å². The van der Waals surface area contributed by atoms with Crippen LogP contribution in [0.4, 0.5) is 0 Å². The van der Waals surface area contributed by atoms with Crippen LogP contribution in [0.15, 0.2) is 0 Å². The van der Waals surface area contributed by atoms with Crippen molar-refractivity contribution in [3.63, 3.8) is 0 Å². The summed E-state index contributed by atoms with van der Waals surface area (Å²) < 4.78 is 5.35. The number of hydrogen-bond donors (Lipinski definition) is 0. The average Bonchev–Trinajstić information content (AvgIpc) is 2.31. The molecule has 0 bridgehead atoms. The molecule has 0 aromatic rings. The fourth-order valence-electron chi connectivity index (χ4n) is 1.77. The molecule has 0 N–H and O–H groups in total. The maximum atomic E-state index is 10.8. The van der Waals surface area contributed by atoms with E-state index in [1.807, 2.05) is 6.92 Å². The van der Waals surface area contributed by atoms with Gasteiger partial charge in [-0.1, -0.05) is 58.8 Å². The second-order valence-electron chi connectivity index (χ2n) is 4.59. The van der Waals surface area contributed by atoms with E-state index < -0.39 is 12.1 Å². The first-order chi connectivity index (χ1) is 8.22. The Balaban J connectivity index is 0. The molecule has 18 heavy (non-hydrogen) atoms. The summed E-state index contributed by atoms with van der Waals surface area (Å²) in [5.74, 6) is -1.07. The molecule has 1 atom stereocenters. The van der Waals surface area contributed by atoms with Gasteiger partial charge in [0.2, 0.25) is 0 Å². The zero-order valence-electron chi connectivity index (χ0n) is 12.4. The first kappa shape index (κ1) is 20.7. The summed E-state index contributed by atoms with van der Waals surface area (Å²) in [7, 11) is 0. The molecule has 0 radical (unpaired) electrons. The van der Waals surface area contributed by atoms with Crippen LogP contribution in [0.25, 0.3) is 0 Å². The Morgan fingerprint density at radius 1 is 1.00 bits per heavy atom.